The summed E-state index contributed by atoms with van der Waals surface area (Å²) in [6.07, 6.45) is 1.74. The number of rotatable bonds is 8. The lowest BCUT2D eigenvalue weighted by Gasteiger charge is -2.13. The minimum absolute atomic E-state index is 0.0220. The maximum Gasteiger partial charge on any atom is 0.294 e. The number of anilines is 1. The predicted molar refractivity (Wildman–Crippen MR) is 103 cm³/mol. The summed E-state index contributed by atoms with van der Waals surface area (Å²) in [5.74, 6) is 0.339. The van der Waals surface area contributed by atoms with Crippen molar-refractivity contribution in [3.05, 3.63) is 56.5 Å². The van der Waals surface area contributed by atoms with E-state index >= 15 is 0 Å². The quantitative estimate of drug-likeness (QED) is 0.364. The first-order valence-corrected chi connectivity index (χ1v) is 10.2. The normalized spacial score (nSPS) is 11.2. The van der Waals surface area contributed by atoms with Gasteiger partial charge in [-0.05, 0) is 41.4 Å². The Bertz CT molecular complexity index is 898. The van der Waals surface area contributed by atoms with Crippen LogP contribution in [-0.2, 0) is 10.0 Å². The number of nitro groups is 1. The third kappa shape index (κ3) is 4.95. The van der Waals surface area contributed by atoms with Crippen LogP contribution in [0.3, 0.4) is 0 Å². The molecule has 0 heterocycles. The molecule has 7 nitrogen and oxygen atoms in total. The molecule has 2 rings (SSSR count). The Morgan fingerprint density at radius 2 is 1.88 bits per heavy atom. The largest absolute Gasteiger partial charge is 0.492 e. The molecule has 9 heteroatoms. The van der Waals surface area contributed by atoms with Crippen molar-refractivity contribution < 1.29 is 18.1 Å². The molecule has 0 amide bonds. The molecule has 0 spiro atoms. The fourth-order valence-corrected chi connectivity index (χ4v) is 3.64. The van der Waals surface area contributed by atoms with Gasteiger partial charge < -0.3 is 4.74 Å². The Morgan fingerprint density at radius 3 is 2.46 bits per heavy atom. The molecule has 0 saturated carbocycles. The fourth-order valence-electron chi connectivity index (χ4n) is 2.13. The molecular formula is C17H19BrN2O5S. The van der Waals surface area contributed by atoms with Crippen LogP contribution in [0.4, 0.5) is 11.4 Å². The van der Waals surface area contributed by atoms with Crippen molar-refractivity contribution in [2.45, 2.75) is 31.6 Å². The summed E-state index contributed by atoms with van der Waals surface area (Å²) in [7, 11) is -3.97. The summed E-state index contributed by atoms with van der Waals surface area (Å²) >= 11 is 3.23. The van der Waals surface area contributed by atoms with Crippen LogP contribution in [0, 0.1) is 17.0 Å². The number of hydrogen-bond acceptors (Lipinski definition) is 5. The van der Waals surface area contributed by atoms with Crippen molar-refractivity contribution in [1.82, 2.24) is 0 Å². The molecule has 2 aromatic carbocycles. The highest BCUT2D eigenvalue weighted by Gasteiger charge is 2.23. The summed E-state index contributed by atoms with van der Waals surface area (Å²) in [5, 5.41) is 11.3. The summed E-state index contributed by atoms with van der Waals surface area (Å²) in [4.78, 5) is 10.7. The lowest BCUT2D eigenvalue weighted by Crippen LogP contribution is -2.14. The number of halogens is 1. The van der Waals surface area contributed by atoms with E-state index in [1.807, 2.05) is 13.8 Å². The van der Waals surface area contributed by atoms with E-state index in [0.29, 0.717) is 16.8 Å². The first-order valence-electron chi connectivity index (χ1n) is 7.95. The minimum Gasteiger partial charge on any atom is -0.492 e. The van der Waals surface area contributed by atoms with Crippen LogP contribution in [0.2, 0.25) is 0 Å². The van der Waals surface area contributed by atoms with Crippen LogP contribution in [0.1, 0.15) is 25.3 Å². The van der Waals surface area contributed by atoms with Crippen LogP contribution in [0.5, 0.6) is 5.75 Å². The number of nitro benzene ring substituents is 1. The number of hydrogen-bond donors (Lipinski definition) is 1. The van der Waals surface area contributed by atoms with E-state index in [0.717, 1.165) is 18.4 Å². The number of nitrogens with one attached hydrogen (secondary N) is 1. The van der Waals surface area contributed by atoms with E-state index < -0.39 is 14.9 Å². The topological polar surface area (TPSA) is 98.5 Å². The second-order valence-corrected chi connectivity index (χ2v) is 8.21. The zero-order valence-corrected chi connectivity index (χ0v) is 16.8. The summed E-state index contributed by atoms with van der Waals surface area (Å²) in [6, 6.07) is 8.76. The van der Waals surface area contributed by atoms with Gasteiger partial charge in [0.1, 0.15) is 11.4 Å². The number of aryl methyl sites for hydroxylation is 1. The van der Waals surface area contributed by atoms with Crippen molar-refractivity contribution in [2.75, 3.05) is 11.3 Å². The maximum atomic E-state index is 12.6. The molecular weight excluding hydrogens is 424 g/mol. The average Bonchev–Trinajstić information content (AvgIpc) is 2.57. The SMILES string of the molecule is CCCCOc1cc(NS(=O)(=O)c2ccc(C)cc2)c([N+](=O)[O-])cc1Br. The van der Waals surface area contributed by atoms with Gasteiger partial charge in [-0.1, -0.05) is 31.0 Å². The molecule has 0 saturated heterocycles. The van der Waals surface area contributed by atoms with Gasteiger partial charge in [0.05, 0.1) is 20.9 Å². The Hall–Kier alpha value is -2.13. The molecule has 0 unspecified atom stereocenters. The Morgan fingerprint density at radius 1 is 1.23 bits per heavy atom. The van der Waals surface area contributed by atoms with Crippen LogP contribution >= 0.6 is 15.9 Å². The lowest BCUT2D eigenvalue weighted by molar-refractivity contribution is -0.384. The van der Waals surface area contributed by atoms with Crippen molar-refractivity contribution in [3.63, 3.8) is 0 Å². The molecule has 0 bridgehead atoms. The third-order valence-corrected chi connectivity index (χ3v) is 5.58. The van der Waals surface area contributed by atoms with Crippen LogP contribution in [-0.4, -0.2) is 19.9 Å². The van der Waals surface area contributed by atoms with Gasteiger partial charge in [-0.3, -0.25) is 14.8 Å². The summed E-state index contributed by atoms with van der Waals surface area (Å²) < 4.78 is 33.4. The van der Waals surface area contributed by atoms with E-state index in [1.54, 1.807) is 12.1 Å². The second-order valence-electron chi connectivity index (χ2n) is 5.68. The van der Waals surface area contributed by atoms with Gasteiger partial charge in [-0.25, -0.2) is 8.42 Å². The molecule has 0 aliphatic rings. The number of nitrogens with zero attached hydrogens (tertiary/aromatic N) is 1. The van der Waals surface area contributed by atoms with Crippen molar-refractivity contribution in [1.29, 1.82) is 0 Å². The standard InChI is InChI=1S/C17H19BrN2O5S/c1-3-4-9-25-17-11-15(16(20(21)22)10-14(17)18)19-26(23,24)13-7-5-12(2)6-8-13/h5-8,10-11,19H,3-4,9H2,1-2H3. The number of benzene rings is 2. The van der Waals surface area contributed by atoms with Crippen LogP contribution in [0.15, 0.2) is 45.8 Å². The molecule has 1 N–H and O–H groups in total. The van der Waals surface area contributed by atoms with E-state index in [9.17, 15) is 18.5 Å². The van der Waals surface area contributed by atoms with Gasteiger partial charge in [-0.15, -0.1) is 0 Å². The van der Waals surface area contributed by atoms with Gasteiger partial charge in [0.15, 0.2) is 0 Å². The first-order chi connectivity index (χ1) is 12.2. The Balaban J connectivity index is 2.40. The molecule has 2 aromatic rings. The van der Waals surface area contributed by atoms with Gasteiger partial charge in [0, 0.05) is 12.1 Å². The fraction of sp³-hybridized carbons (Fsp3) is 0.294. The zero-order valence-electron chi connectivity index (χ0n) is 14.4. The van der Waals surface area contributed by atoms with E-state index in [-0.39, 0.29) is 16.3 Å². The van der Waals surface area contributed by atoms with Gasteiger partial charge in [-0.2, -0.15) is 0 Å². The molecule has 0 aliphatic carbocycles. The smallest absolute Gasteiger partial charge is 0.294 e. The first kappa shape index (κ1) is 20.2. The van der Waals surface area contributed by atoms with Gasteiger partial charge in [0.2, 0.25) is 0 Å². The number of ether oxygens (including phenoxy) is 1. The van der Waals surface area contributed by atoms with E-state index in [4.69, 9.17) is 4.74 Å². The zero-order chi connectivity index (χ0) is 19.3. The molecule has 0 radical (unpaired) electrons. The summed E-state index contributed by atoms with van der Waals surface area (Å²) in [5.41, 5.74) is 0.394. The monoisotopic (exact) mass is 442 g/mol. The van der Waals surface area contributed by atoms with Gasteiger partial charge in [0.25, 0.3) is 15.7 Å². The second kappa shape index (κ2) is 8.50. The van der Waals surface area contributed by atoms with Crippen molar-refractivity contribution in [2.24, 2.45) is 0 Å². The highest BCUT2D eigenvalue weighted by molar-refractivity contribution is 9.10. The van der Waals surface area contributed by atoms with Crippen LogP contribution in [0.25, 0.3) is 0 Å². The van der Waals surface area contributed by atoms with Gasteiger partial charge >= 0.3 is 0 Å². The number of unbranched alkanes of at least 4 members (excludes halogenated alkanes) is 1. The molecule has 0 atom stereocenters. The Labute approximate surface area is 160 Å². The minimum atomic E-state index is -3.97. The predicted octanol–water partition coefficient (Wildman–Crippen LogP) is 4.65. The average molecular weight is 443 g/mol. The molecule has 26 heavy (non-hydrogen) atoms. The van der Waals surface area contributed by atoms with Crippen molar-refractivity contribution >= 4 is 37.3 Å². The molecule has 140 valence electrons. The third-order valence-electron chi connectivity index (χ3n) is 3.58. The van der Waals surface area contributed by atoms with Crippen molar-refractivity contribution in [3.8, 4) is 5.75 Å². The highest BCUT2D eigenvalue weighted by atomic mass is 79.9. The Kier molecular flexibility index (Phi) is 6.60. The summed E-state index contributed by atoms with van der Waals surface area (Å²) in [6.45, 7) is 4.27. The van der Waals surface area contributed by atoms with E-state index in [1.165, 1.54) is 24.3 Å². The van der Waals surface area contributed by atoms with E-state index in [2.05, 4.69) is 20.7 Å². The molecule has 0 aromatic heterocycles. The lowest BCUT2D eigenvalue weighted by atomic mass is 10.2. The van der Waals surface area contributed by atoms with Crippen LogP contribution < -0.4 is 9.46 Å². The molecule has 0 aliphatic heterocycles. The molecule has 0 fully saturated rings. The number of sulfonamides is 1. The maximum absolute atomic E-state index is 12.6. The highest BCUT2D eigenvalue weighted by Crippen LogP contribution is 2.37.